The van der Waals surface area contributed by atoms with Crippen molar-refractivity contribution in [3.8, 4) is 0 Å². The van der Waals surface area contributed by atoms with Gasteiger partial charge in [0.25, 0.3) is 0 Å². The van der Waals surface area contributed by atoms with Crippen molar-refractivity contribution in [2.45, 2.75) is 56.1 Å². The first kappa shape index (κ1) is 18.5. The summed E-state index contributed by atoms with van der Waals surface area (Å²) in [6.07, 6.45) is 5.67. The van der Waals surface area contributed by atoms with E-state index in [1.807, 2.05) is 12.1 Å². The lowest BCUT2D eigenvalue weighted by Gasteiger charge is -2.17. The minimum atomic E-state index is -3.72. The predicted octanol–water partition coefficient (Wildman–Crippen LogP) is 1.69. The number of hydrogen-bond acceptors (Lipinski definition) is 5. The van der Waals surface area contributed by atoms with Crippen LogP contribution >= 0.6 is 0 Å². The molecule has 5 rings (SSSR count). The van der Waals surface area contributed by atoms with Crippen molar-refractivity contribution < 1.29 is 8.42 Å². The van der Waals surface area contributed by atoms with E-state index in [4.69, 9.17) is 0 Å². The van der Waals surface area contributed by atoms with E-state index < -0.39 is 10.0 Å². The lowest BCUT2D eigenvalue weighted by Crippen LogP contribution is -2.36. The van der Waals surface area contributed by atoms with Crippen molar-refractivity contribution in [1.82, 2.24) is 24.1 Å². The fraction of sp³-hybridized carbons (Fsp3) is 0.450. The van der Waals surface area contributed by atoms with E-state index in [1.54, 1.807) is 33.6 Å². The van der Waals surface area contributed by atoms with Crippen molar-refractivity contribution in [3.63, 3.8) is 0 Å². The molecule has 1 N–H and O–H groups in total. The first-order valence-electron chi connectivity index (χ1n) is 10.0. The predicted molar refractivity (Wildman–Crippen MR) is 108 cm³/mol. The van der Waals surface area contributed by atoms with Gasteiger partial charge in [-0.15, -0.1) is 0 Å². The average molecular weight is 414 g/mol. The van der Waals surface area contributed by atoms with Crippen LogP contribution in [0.2, 0.25) is 0 Å². The van der Waals surface area contributed by atoms with Gasteiger partial charge in [0.1, 0.15) is 10.7 Å². The smallest absolute Gasteiger partial charge is 0.279 e. The van der Waals surface area contributed by atoms with Gasteiger partial charge in [0, 0.05) is 37.1 Å². The average Bonchev–Trinajstić information content (AvgIpc) is 3.50. The molecule has 1 fully saturated rings. The van der Waals surface area contributed by atoms with Crippen LogP contribution in [0.25, 0.3) is 10.9 Å². The fourth-order valence-electron chi connectivity index (χ4n) is 3.99. The lowest BCUT2D eigenvalue weighted by atomic mass is 10.1. The standard InChI is InChI=1S/C20H23N5O3S/c26-20-24-12-10-16(8-9-18(24)22-25(20)13-14-6-7-14)23-29(27,28)17-5-1-3-15-4-2-11-21-19(15)17/h1-5,11,14,16,23H,6-10,12-13H2. The van der Waals surface area contributed by atoms with Crippen LogP contribution < -0.4 is 10.4 Å². The van der Waals surface area contributed by atoms with E-state index in [0.717, 1.165) is 11.2 Å². The van der Waals surface area contributed by atoms with E-state index >= 15 is 0 Å². The van der Waals surface area contributed by atoms with Crippen molar-refractivity contribution in [3.05, 3.63) is 52.8 Å². The van der Waals surface area contributed by atoms with E-state index in [1.165, 1.54) is 12.8 Å². The third-order valence-corrected chi connectivity index (χ3v) is 7.30. The number of aryl methyl sites for hydroxylation is 1. The molecule has 1 saturated carbocycles. The summed E-state index contributed by atoms with van der Waals surface area (Å²) in [6, 6.07) is 8.53. The second kappa shape index (κ2) is 7.07. The number of sulfonamides is 1. The Morgan fingerprint density at radius 1 is 1.10 bits per heavy atom. The van der Waals surface area contributed by atoms with Crippen LogP contribution in [-0.4, -0.2) is 33.8 Å². The maximum atomic E-state index is 13.0. The number of para-hydroxylation sites is 1. The van der Waals surface area contributed by atoms with Gasteiger partial charge in [-0.25, -0.2) is 22.6 Å². The van der Waals surface area contributed by atoms with Crippen LogP contribution in [0.4, 0.5) is 0 Å². The molecule has 1 aliphatic heterocycles. The summed E-state index contributed by atoms with van der Waals surface area (Å²) >= 11 is 0. The Balaban J connectivity index is 1.35. The Morgan fingerprint density at radius 3 is 2.76 bits per heavy atom. The number of benzene rings is 1. The van der Waals surface area contributed by atoms with E-state index in [2.05, 4.69) is 14.8 Å². The van der Waals surface area contributed by atoms with Gasteiger partial charge in [-0.2, -0.15) is 5.10 Å². The van der Waals surface area contributed by atoms with Crippen molar-refractivity contribution in [2.24, 2.45) is 5.92 Å². The van der Waals surface area contributed by atoms with Crippen LogP contribution in [0.1, 0.15) is 31.5 Å². The van der Waals surface area contributed by atoms with Gasteiger partial charge < -0.3 is 0 Å². The molecule has 9 heteroatoms. The first-order valence-corrected chi connectivity index (χ1v) is 11.5. The van der Waals surface area contributed by atoms with E-state index in [-0.39, 0.29) is 16.6 Å². The normalized spacial score (nSPS) is 19.8. The van der Waals surface area contributed by atoms with Crippen LogP contribution in [0.3, 0.4) is 0 Å². The Labute approximate surface area is 168 Å². The molecule has 3 heterocycles. The number of aromatic nitrogens is 4. The number of hydrogen-bond donors (Lipinski definition) is 1. The highest BCUT2D eigenvalue weighted by Crippen LogP contribution is 2.30. The number of fused-ring (bicyclic) bond motifs is 2. The summed E-state index contributed by atoms with van der Waals surface area (Å²) in [5.74, 6) is 1.34. The highest BCUT2D eigenvalue weighted by molar-refractivity contribution is 7.89. The van der Waals surface area contributed by atoms with Crippen LogP contribution in [0.15, 0.2) is 46.2 Å². The zero-order valence-corrected chi connectivity index (χ0v) is 16.8. The number of pyridine rings is 1. The molecule has 0 amide bonds. The van der Waals surface area contributed by atoms with Gasteiger partial charge in [0.05, 0.1) is 5.52 Å². The topological polar surface area (TPSA) is 98.9 Å². The van der Waals surface area contributed by atoms with Gasteiger partial charge >= 0.3 is 5.69 Å². The van der Waals surface area contributed by atoms with Gasteiger partial charge in [0.15, 0.2) is 0 Å². The second-order valence-corrected chi connectivity index (χ2v) is 9.64. The monoisotopic (exact) mass is 413 g/mol. The summed E-state index contributed by atoms with van der Waals surface area (Å²) in [5.41, 5.74) is 0.390. The molecule has 0 spiro atoms. The maximum absolute atomic E-state index is 13.0. The zero-order chi connectivity index (χ0) is 20.0. The number of rotatable bonds is 5. The Hall–Kier alpha value is -2.52. The molecule has 3 aromatic rings. The molecule has 1 unspecified atom stereocenters. The Kier molecular flexibility index (Phi) is 4.51. The third kappa shape index (κ3) is 3.60. The minimum absolute atomic E-state index is 0.0753. The SMILES string of the molecule is O=c1n(CC2CC2)nc2n1CCC(NS(=O)(=O)c1cccc3cccnc13)CC2. The molecule has 0 saturated heterocycles. The number of nitrogens with zero attached hydrogens (tertiary/aromatic N) is 4. The van der Waals surface area contributed by atoms with Crippen molar-refractivity contribution >= 4 is 20.9 Å². The summed E-state index contributed by atoms with van der Waals surface area (Å²) in [5, 5.41) is 5.29. The zero-order valence-electron chi connectivity index (χ0n) is 16.0. The lowest BCUT2D eigenvalue weighted by molar-refractivity contribution is 0.479. The fourth-order valence-corrected chi connectivity index (χ4v) is 5.47. The molecular weight excluding hydrogens is 390 g/mol. The van der Waals surface area contributed by atoms with Crippen molar-refractivity contribution in [1.29, 1.82) is 0 Å². The molecule has 1 aromatic carbocycles. The van der Waals surface area contributed by atoms with Crippen LogP contribution in [0, 0.1) is 5.92 Å². The molecule has 2 aliphatic rings. The van der Waals surface area contributed by atoms with Crippen molar-refractivity contribution in [2.75, 3.05) is 0 Å². The molecule has 8 nitrogen and oxygen atoms in total. The van der Waals surface area contributed by atoms with E-state index in [9.17, 15) is 13.2 Å². The largest absolute Gasteiger partial charge is 0.345 e. The van der Waals surface area contributed by atoms with E-state index in [0.29, 0.717) is 43.8 Å². The molecule has 0 bridgehead atoms. The van der Waals surface area contributed by atoms with Gasteiger partial charge in [0.2, 0.25) is 10.0 Å². The molecule has 0 radical (unpaired) electrons. The highest BCUT2D eigenvalue weighted by Gasteiger charge is 2.28. The molecule has 1 aliphatic carbocycles. The molecular formula is C20H23N5O3S. The Morgan fingerprint density at radius 2 is 1.93 bits per heavy atom. The summed E-state index contributed by atoms with van der Waals surface area (Å²) in [6.45, 7) is 1.17. The highest BCUT2D eigenvalue weighted by atomic mass is 32.2. The molecule has 1 atom stereocenters. The Bertz CT molecular complexity index is 1220. The quantitative estimate of drug-likeness (QED) is 0.686. The van der Waals surface area contributed by atoms with Gasteiger partial charge in [-0.3, -0.25) is 9.55 Å². The molecule has 2 aromatic heterocycles. The van der Waals surface area contributed by atoms with Gasteiger partial charge in [-0.05, 0) is 43.7 Å². The summed E-state index contributed by atoms with van der Waals surface area (Å²) < 4.78 is 32.2. The van der Waals surface area contributed by atoms with Crippen LogP contribution in [-0.2, 0) is 29.5 Å². The second-order valence-electron chi connectivity index (χ2n) is 7.95. The minimum Gasteiger partial charge on any atom is -0.279 e. The molecule has 29 heavy (non-hydrogen) atoms. The summed E-state index contributed by atoms with van der Waals surface area (Å²) in [7, 11) is -3.72. The van der Waals surface area contributed by atoms with Gasteiger partial charge in [-0.1, -0.05) is 18.2 Å². The maximum Gasteiger partial charge on any atom is 0.345 e. The summed E-state index contributed by atoms with van der Waals surface area (Å²) in [4.78, 5) is 17.0. The first-order chi connectivity index (χ1) is 14.0. The number of nitrogens with one attached hydrogen (secondary N) is 1. The third-order valence-electron chi connectivity index (χ3n) is 5.75. The molecule has 152 valence electrons. The van der Waals surface area contributed by atoms with Crippen LogP contribution in [0.5, 0.6) is 0 Å².